The Bertz CT molecular complexity index is 1200. The summed E-state index contributed by atoms with van der Waals surface area (Å²) in [6.45, 7) is -0.244. The first-order valence-corrected chi connectivity index (χ1v) is 11.5. The average Bonchev–Trinajstić information content (AvgIpc) is 2.96. The molecule has 4 rings (SSSR count). The quantitative estimate of drug-likeness (QED) is 0.461. The van der Waals surface area contributed by atoms with Crippen LogP contribution in [0.1, 0.15) is 17.2 Å². The topological polar surface area (TPSA) is 67.9 Å². The van der Waals surface area contributed by atoms with Gasteiger partial charge in [0.25, 0.3) is 0 Å². The van der Waals surface area contributed by atoms with Crippen molar-refractivity contribution in [2.24, 2.45) is 0 Å². The van der Waals surface area contributed by atoms with Crippen molar-refractivity contribution in [2.75, 3.05) is 23.9 Å². The minimum Gasteiger partial charge on any atom is -0.497 e. The average molecular weight is 503 g/mol. The van der Waals surface area contributed by atoms with Crippen molar-refractivity contribution in [1.29, 1.82) is 0 Å². The Morgan fingerprint density at radius 3 is 2.34 bits per heavy atom. The van der Waals surface area contributed by atoms with Crippen LogP contribution in [0.15, 0.2) is 77.7 Å². The summed E-state index contributed by atoms with van der Waals surface area (Å²) in [5.41, 5.74) is 1.87. The SMILES string of the molecule is COc1ccc(C2CC(=O)N(CC(=O)Nc3ccc(OC(F)(F)F)cc3)c3ccccc3S2)cc1. The van der Waals surface area contributed by atoms with Gasteiger partial charge in [0.05, 0.1) is 12.8 Å². The first-order valence-electron chi connectivity index (χ1n) is 10.6. The number of thioether (sulfide) groups is 1. The van der Waals surface area contributed by atoms with Crippen LogP contribution in [0.3, 0.4) is 0 Å². The van der Waals surface area contributed by atoms with Crippen LogP contribution in [0.4, 0.5) is 24.5 Å². The normalized spacial score (nSPS) is 15.7. The summed E-state index contributed by atoms with van der Waals surface area (Å²) in [4.78, 5) is 28.3. The summed E-state index contributed by atoms with van der Waals surface area (Å²) in [5, 5.41) is 2.47. The molecule has 10 heteroatoms. The van der Waals surface area contributed by atoms with Gasteiger partial charge in [-0.1, -0.05) is 24.3 Å². The van der Waals surface area contributed by atoms with E-state index in [9.17, 15) is 22.8 Å². The van der Waals surface area contributed by atoms with Crippen molar-refractivity contribution in [1.82, 2.24) is 0 Å². The van der Waals surface area contributed by atoms with Gasteiger partial charge in [0.15, 0.2) is 0 Å². The molecule has 0 aromatic heterocycles. The number of halogens is 3. The lowest BCUT2D eigenvalue weighted by Crippen LogP contribution is -2.38. The fourth-order valence-electron chi connectivity index (χ4n) is 3.64. The number of nitrogens with zero attached hydrogens (tertiary/aromatic N) is 1. The largest absolute Gasteiger partial charge is 0.573 e. The zero-order chi connectivity index (χ0) is 25.0. The first-order chi connectivity index (χ1) is 16.7. The molecule has 1 aliphatic heterocycles. The highest BCUT2D eigenvalue weighted by Crippen LogP contribution is 2.45. The number of alkyl halides is 3. The van der Waals surface area contributed by atoms with E-state index in [1.807, 2.05) is 36.4 Å². The van der Waals surface area contributed by atoms with Crippen molar-refractivity contribution in [3.63, 3.8) is 0 Å². The molecular weight excluding hydrogens is 481 g/mol. The molecule has 0 radical (unpaired) electrons. The van der Waals surface area contributed by atoms with Crippen LogP contribution in [0.25, 0.3) is 0 Å². The van der Waals surface area contributed by atoms with Crippen LogP contribution >= 0.6 is 11.8 Å². The molecule has 1 N–H and O–H groups in total. The van der Waals surface area contributed by atoms with E-state index in [0.29, 0.717) is 5.69 Å². The van der Waals surface area contributed by atoms with Gasteiger partial charge in [0.1, 0.15) is 18.0 Å². The minimum absolute atomic E-state index is 0.149. The van der Waals surface area contributed by atoms with Gasteiger partial charge in [0.2, 0.25) is 11.8 Å². The van der Waals surface area contributed by atoms with E-state index >= 15 is 0 Å². The summed E-state index contributed by atoms with van der Waals surface area (Å²) < 4.78 is 46.1. The van der Waals surface area contributed by atoms with Crippen LogP contribution in [0.2, 0.25) is 0 Å². The van der Waals surface area contributed by atoms with E-state index in [1.165, 1.54) is 17.0 Å². The molecule has 3 aromatic rings. The minimum atomic E-state index is -4.80. The molecule has 0 fully saturated rings. The Morgan fingerprint density at radius 2 is 1.69 bits per heavy atom. The lowest BCUT2D eigenvalue weighted by molar-refractivity contribution is -0.274. The van der Waals surface area contributed by atoms with Crippen molar-refractivity contribution < 1.29 is 32.2 Å². The molecule has 0 saturated carbocycles. The number of hydrogen-bond acceptors (Lipinski definition) is 5. The zero-order valence-electron chi connectivity index (χ0n) is 18.5. The molecule has 3 aromatic carbocycles. The lowest BCUT2D eigenvalue weighted by atomic mass is 10.1. The van der Waals surface area contributed by atoms with Crippen molar-refractivity contribution in [3.8, 4) is 11.5 Å². The summed E-state index contributed by atoms with van der Waals surface area (Å²) >= 11 is 1.55. The summed E-state index contributed by atoms with van der Waals surface area (Å²) in [5.74, 6) is -0.373. The predicted octanol–water partition coefficient (Wildman–Crippen LogP) is 5.80. The molecule has 1 heterocycles. The Labute approximate surface area is 204 Å². The predicted molar refractivity (Wildman–Crippen MR) is 127 cm³/mol. The molecule has 2 amide bonds. The van der Waals surface area contributed by atoms with E-state index in [2.05, 4.69) is 10.1 Å². The van der Waals surface area contributed by atoms with Crippen LogP contribution in [0, 0.1) is 0 Å². The third-order valence-electron chi connectivity index (χ3n) is 5.25. The number of fused-ring (bicyclic) bond motifs is 1. The number of benzene rings is 3. The van der Waals surface area contributed by atoms with Crippen LogP contribution in [0.5, 0.6) is 11.5 Å². The number of para-hydroxylation sites is 1. The second kappa shape index (κ2) is 10.3. The van der Waals surface area contributed by atoms with Gasteiger partial charge in [-0.25, -0.2) is 0 Å². The van der Waals surface area contributed by atoms with Crippen LogP contribution in [-0.4, -0.2) is 31.8 Å². The number of carbonyl (C=O) groups is 2. The molecule has 35 heavy (non-hydrogen) atoms. The summed E-state index contributed by atoms with van der Waals surface area (Å²) in [6.07, 6.45) is -4.62. The highest BCUT2D eigenvalue weighted by Gasteiger charge is 2.32. The Kier molecular flexibility index (Phi) is 7.20. The number of hydrogen-bond donors (Lipinski definition) is 1. The smallest absolute Gasteiger partial charge is 0.497 e. The van der Waals surface area contributed by atoms with Crippen molar-refractivity contribution in [2.45, 2.75) is 22.9 Å². The number of amides is 2. The molecular formula is C25H21F3N2O4S. The second-order valence-electron chi connectivity index (χ2n) is 7.65. The molecule has 1 unspecified atom stereocenters. The molecule has 0 spiro atoms. The highest BCUT2D eigenvalue weighted by molar-refractivity contribution is 7.99. The molecule has 6 nitrogen and oxygen atoms in total. The molecule has 0 aliphatic carbocycles. The maximum absolute atomic E-state index is 13.2. The maximum atomic E-state index is 13.2. The van der Waals surface area contributed by atoms with Gasteiger partial charge in [0, 0.05) is 22.3 Å². The standard InChI is InChI=1S/C25H21F3N2O4S/c1-33-18-10-6-16(7-11-18)22-14-24(32)30(20-4-2-3-5-21(20)35-22)15-23(31)29-17-8-12-19(13-9-17)34-25(26,27)28/h2-13,22H,14-15H2,1H3,(H,29,31). The number of carbonyl (C=O) groups excluding carboxylic acids is 2. The second-order valence-corrected chi connectivity index (χ2v) is 8.90. The van der Waals surface area contributed by atoms with Crippen molar-refractivity contribution in [3.05, 3.63) is 78.4 Å². The summed E-state index contributed by atoms with van der Waals surface area (Å²) in [6, 6.07) is 19.7. The third kappa shape index (κ3) is 6.27. The monoisotopic (exact) mass is 502 g/mol. The zero-order valence-corrected chi connectivity index (χ0v) is 19.4. The Balaban J connectivity index is 1.49. The lowest BCUT2D eigenvalue weighted by Gasteiger charge is -2.22. The van der Waals surface area contributed by atoms with Gasteiger partial charge >= 0.3 is 6.36 Å². The molecule has 0 saturated heterocycles. The number of rotatable bonds is 6. The van der Waals surface area contributed by atoms with Gasteiger partial charge in [-0.15, -0.1) is 24.9 Å². The van der Waals surface area contributed by atoms with Gasteiger partial charge in [-0.3, -0.25) is 9.59 Å². The fourth-order valence-corrected chi connectivity index (χ4v) is 4.92. The van der Waals surface area contributed by atoms with Crippen LogP contribution < -0.4 is 19.7 Å². The molecule has 182 valence electrons. The van der Waals surface area contributed by atoms with E-state index < -0.39 is 18.0 Å². The van der Waals surface area contributed by atoms with Crippen molar-refractivity contribution >= 4 is 35.0 Å². The number of nitrogens with one attached hydrogen (secondary N) is 1. The van der Waals surface area contributed by atoms with Gasteiger partial charge < -0.3 is 19.7 Å². The van der Waals surface area contributed by atoms with E-state index in [4.69, 9.17) is 4.74 Å². The van der Waals surface area contributed by atoms with Crippen LogP contribution in [-0.2, 0) is 9.59 Å². The highest BCUT2D eigenvalue weighted by atomic mass is 32.2. The van der Waals surface area contributed by atoms with Gasteiger partial charge in [-0.05, 0) is 54.1 Å². The Morgan fingerprint density at radius 1 is 1.03 bits per heavy atom. The molecule has 1 aliphatic rings. The molecule has 1 atom stereocenters. The number of methoxy groups -OCH3 is 1. The van der Waals surface area contributed by atoms with E-state index in [-0.39, 0.29) is 29.8 Å². The fraction of sp³-hybridized carbons (Fsp3) is 0.200. The molecule has 0 bridgehead atoms. The summed E-state index contributed by atoms with van der Waals surface area (Å²) in [7, 11) is 1.59. The Hall–Kier alpha value is -3.66. The third-order valence-corrected chi connectivity index (χ3v) is 6.57. The first kappa shape index (κ1) is 24.5. The van der Waals surface area contributed by atoms with E-state index in [0.717, 1.165) is 28.3 Å². The number of ether oxygens (including phenoxy) is 2. The maximum Gasteiger partial charge on any atom is 0.573 e. The van der Waals surface area contributed by atoms with E-state index in [1.54, 1.807) is 31.0 Å². The number of anilines is 2. The van der Waals surface area contributed by atoms with Gasteiger partial charge in [-0.2, -0.15) is 0 Å².